The normalized spacial score (nSPS) is 11.3. The molecule has 0 unspecified atom stereocenters. The van der Waals surface area contributed by atoms with Gasteiger partial charge in [-0.15, -0.1) is 5.06 Å². The van der Waals surface area contributed by atoms with Gasteiger partial charge in [0.15, 0.2) is 0 Å². The van der Waals surface area contributed by atoms with Gasteiger partial charge in [0, 0.05) is 17.3 Å². The Kier molecular flexibility index (Phi) is 5.99. The van der Waals surface area contributed by atoms with Crippen LogP contribution in [0.1, 0.15) is 0 Å². The second-order valence-corrected chi connectivity index (χ2v) is 6.93. The summed E-state index contributed by atoms with van der Waals surface area (Å²) < 4.78 is 39.1. The number of nitrogen functional groups attached to an aromatic ring is 1. The van der Waals surface area contributed by atoms with Crippen molar-refractivity contribution in [2.75, 3.05) is 17.3 Å². The number of hydroxylamine groups is 1. The number of nitrogens with one attached hydrogen (secondary N) is 1. The Bertz CT molecular complexity index is 1340. The summed E-state index contributed by atoms with van der Waals surface area (Å²) in [6.07, 6.45) is 1.70. The van der Waals surface area contributed by atoms with Gasteiger partial charge in [-0.3, -0.25) is 14.2 Å². The Balaban J connectivity index is 1.64. The summed E-state index contributed by atoms with van der Waals surface area (Å²) in [5.41, 5.74) is 8.74. The van der Waals surface area contributed by atoms with Gasteiger partial charge in [0.25, 0.3) is 0 Å². The molecule has 0 radical (unpaired) electrons. The molecule has 13 heteroatoms. The van der Waals surface area contributed by atoms with E-state index >= 15 is 0 Å². The monoisotopic (exact) mass is 471 g/mol. The Morgan fingerprint density at radius 2 is 1.94 bits per heavy atom. The lowest BCUT2D eigenvalue weighted by atomic mass is 10.1. The minimum absolute atomic E-state index is 0.0352. The van der Waals surface area contributed by atoms with Crippen LogP contribution in [-0.4, -0.2) is 44.6 Å². The smallest absolute Gasteiger partial charge is 0.382 e. The maximum absolute atomic E-state index is 12.5. The van der Waals surface area contributed by atoms with Crippen molar-refractivity contribution < 1.29 is 27.6 Å². The van der Waals surface area contributed by atoms with Gasteiger partial charge in [-0.25, -0.2) is 14.8 Å². The number of amides is 2. The standard InChI is InChI=1S/C21H16F3N7O3/c22-21(23,24)11-29-20(33)31(34-12-32)15-3-1-2-14(6-15)17-9-28-19-7-13(4-5-30(17)19)16-8-27-18(25)10-26-16/h1-10,12H,11H2,(H2,25,27)(H,29,33). The molecule has 0 fully saturated rings. The van der Waals surface area contributed by atoms with Gasteiger partial charge >= 0.3 is 18.7 Å². The molecular weight excluding hydrogens is 455 g/mol. The first-order valence-corrected chi connectivity index (χ1v) is 9.66. The van der Waals surface area contributed by atoms with Crippen molar-refractivity contribution in [3.05, 3.63) is 61.2 Å². The number of nitrogens with two attached hydrogens (primary N) is 1. The first-order chi connectivity index (χ1) is 16.2. The van der Waals surface area contributed by atoms with E-state index in [1.807, 2.05) is 0 Å². The molecule has 0 aliphatic rings. The van der Waals surface area contributed by atoms with Crippen LogP contribution in [0.5, 0.6) is 0 Å². The average molecular weight is 471 g/mol. The first-order valence-electron chi connectivity index (χ1n) is 9.66. The average Bonchev–Trinajstić information content (AvgIpc) is 3.24. The topological polar surface area (TPSA) is 128 Å². The van der Waals surface area contributed by atoms with Crippen molar-refractivity contribution in [1.82, 2.24) is 24.7 Å². The second kappa shape index (κ2) is 9.05. The van der Waals surface area contributed by atoms with Gasteiger partial charge < -0.3 is 15.9 Å². The minimum Gasteiger partial charge on any atom is -0.382 e. The number of fused-ring (bicyclic) bond motifs is 1. The molecule has 0 atom stereocenters. The van der Waals surface area contributed by atoms with Crippen molar-refractivity contribution >= 4 is 29.7 Å². The SMILES string of the molecule is Nc1cnc(-c2ccn3c(-c4cccc(N(OC=O)C(=O)NCC(F)(F)F)c4)cnc3c2)cn1. The van der Waals surface area contributed by atoms with Crippen LogP contribution in [0.15, 0.2) is 61.2 Å². The van der Waals surface area contributed by atoms with Crippen LogP contribution in [0.4, 0.5) is 29.5 Å². The zero-order chi connectivity index (χ0) is 24.3. The summed E-state index contributed by atoms with van der Waals surface area (Å²) in [4.78, 5) is 40.3. The maximum Gasteiger partial charge on any atom is 0.405 e. The van der Waals surface area contributed by atoms with E-state index in [-0.39, 0.29) is 12.2 Å². The number of halogens is 3. The van der Waals surface area contributed by atoms with Crippen LogP contribution < -0.4 is 16.1 Å². The molecule has 0 saturated carbocycles. The number of nitrogens with zero attached hydrogens (tertiary/aromatic N) is 5. The van der Waals surface area contributed by atoms with Crippen LogP contribution in [0.3, 0.4) is 0 Å². The van der Waals surface area contributed by atoms with Crippen molar-refractivity contribution in [3.8, 4) is 22.5 Å². The molecule has 0 bridgehead atoms. The summed E-state index contributed by atoms with van der Waals surface area (Å²) in [6, 6.07) is 8.48. The number of carbonyl (C=O) groups is 2. The van der Waals surface area contributed by atoms with Gasteiger partial charge in [-0.05, 0) is 24.3 Å². The lowest BCUT2D eigenvalue weighted by Gasteiger charge is -2.20. The molecule has 0 saturated heterocycles. The largest absolute Gasteiger partial charge is 0.405 e. The molecule has 1 aromatic carbocycles. The molecule has 0 aliphatic carbocycles. The Hall–Kier alpha value is -4.68. The predicted molar refractivity (Wildman–Crippen MR) is 115 cm³/mol. The third-order valence-electron chi connectivity index (χ3n) is 4.63. The van der Waals surface area contributed by atoms with Crippen LogP contribution in [0, 0.1) is 0 Å². The third-order valence-corrected chi connectivity index (χ3v) is 4.63. The summed E-state index contributed by atoms with van der Waals surface area (Å²) in [5, 5.41) is 2.09. The number of urea groups is 1. The molecule has 34 heavy (non-hydrogen) atoms. The number of hydrogen-bond donors (Lipinski definition) is 2. The molecule has 3 N–H and O–H groups in total. The number of benzene rings is 1. The van der Waals surface area contributed by atoms with Gasteiger partial charge in [0.1, 0.15) is 18.0 Å². The Labute approximate surface area is 189 Å². The fraction of sp³-hybridized carbons (Fsp3) is 0.0952. The van der Waals surface area contributed by atoms with Gasteiger partial charge in [0.05, 0.1) is 35.7 Å². The van der Waals surface area contributed by atoms with Crippen molar-refractivity contribution in [3.63, 3.8) is 0 Å². The molecular formula is C21H16F3N7O3. The quantitative estimate of drug-likeness (QED) is 0.326. The van der Waals surface area contributed by atoms with Crippen LogP contribution >= 0.6 is 0 Å². The Morgan fingerprint density at radius 1 is 1.12 bits per heavy atom. The molecule has 174 valence electrons. The van der Waals surface area contributed by atoms with E-state index in [4.69, 9.17) is 5.73 Å². The lowest BCUT2D eigenvalue weighted by Crippen LogP contribution is -2.43. The number of hydrogen-bond acceptors (Lipinski definition) is 7. The number of alkyl halides is 3. The maximum atomic E-state index is 12.5. The summed E-state index contributed by atoms with van der Waals surface area (Å²) in [5.74, 6) is 0.299. The predicted octanol–water partition coefficient (Wildman–Crippen LogP) is 3.21. The Morgan fingerprint density at radius 3 is 2.65 bits per heavy atom. The van der Waals surface area contributed by atoms with E-state index in [2.05, 4.69) is 19.8 Å². The highest BCUT2D eigenvalue weighted by Gasteiger charge is 2.30. The highest BCUT2D eigenvalue weighted by molar-refractivity contribution is 5.91. The van der Waals surface area contributed by atoms with Crippen molar-refractivity contribution in [1.29, 1.82) is 0 Å². The molecule has 10 nitrogen and oxygen atoms in total. The van der Waals surface area contributed by atoms with E-state index in [9.17, 15) is 22.8 Å². The number of anilines is 2. The summed E-state index contributed by atoms with van der Waals surface area (Å²) in [6.45, 7) is -1.64. The minimum atomic E-state index is -4.63. The van der Waals surface area contributed by atoms with Gasteiger partial charge in [-0.1, -0.05) is 12.1 Å². The molecule has 0 aliphatic heterocycles. The highest BCUT2D eigenvalue weighted by Crippen LogP contribution is 2.27. The van der Waals surface area contributed by atoms with E-state index in [0.717, 1.165) is 5.56 Å². The number of pyridine rings is 1. The summed E-state index contributed by atoms with van der Waals surface area (Å²) >= 11 is 0. The second-order valence-electron chi connectivity index (χ2n) is 6.93. The van der Waals surface area contributed by atoms with E-state index in [1.165, 1.54) is 18.3 Å². The zero-order valence-electron chi connectivity index (χ0n) is 17.2. The fourth-order valence-corrected chi connectivity index (χ4v) is 3.15. The van der Waals surface area contributed by atoms with Gasteiger partial charge in [0.2, 0.25) is 0 Å². The molecule has 4 rings (SSSR count). The van der Waals surface area contributed by atoms with Crippen molar-refractivity contribution in [2.24, 2.45) is 0 Å². The van der Waals surface area contributed by atoms with E-state index < -0.39 is 18.8 Å². The lowest BCUT2D eigenvalue weighted by molar-refractivity contribution is -0.129. The number of imidazole rings is 1. The van der Waals surface area contributed by atoms with E-state index in [1.54, 1.807) is 52.6 Å². The van der Waals surface area contributed by atoms with Gasteiger partial charge in [-0.2, -0.15) is 13.2 Å². The van der Waals surface area contributed by atoms with Crippen LogP contribution in [0.25, 0.3) is 28.2 Å². The molecule has 3 heterocycles. The number of aromatic nitrogens is 4. The van der Waals surface area contributed by atoms with E-state index in [0.29, 0.717) is 33.5 Å². The molecule has 2 amide bonds. The zero-order valence-corrected chi connectivity index (χ0v) is 17.2. The fourth-order valence-electron chi connectivity index (χ4n) is 3.15. The molecule has 0 spiro atoms. The third kappa shape index (κ3) is 4.87. The first kappa shape index (κ1) is 22.5. The molecule has 3 aromatic heterocycles. The number of carbonyl (C=O) groups excluding carboxylic acids is 2. The van der Waals surface area contributed by atoms with Crippen molar-refractivity contribution in [2.45, 2.75) is 6.18 Å². The number of rotatable bonds is 6. The summed E-state index contributed by atoms with van der Waals surface area (Å²) in [7, 11) is 0. The molecule has 4 aromatic rings. The van der Waals surface area contributed by atoms with Crippen LogP contribution in [0.2, 0.25) is 0 Å². The van der Waals surface area contributed by atoms with Crippen LogP contribution in [-0.2, 0) is 9.63 Å². The highest BCUT2D eigenvalue weighted by atomic mass is 19.4.